The number of benzene rings is 1. The summed E-state index contributed by atoms with van der Waals surface area (Å²) in [7, 11) is 0. The summed E-state index contributed by atoms with van der Waals surface area (Å²) in [4.78, 5) is 1.35. The van der Waals surface area contributed by atoms with E-state index in [4.69, 9.17) is 5.73 Å². The number of nitrogens with two attached hydrogens (primary N) is 1. The van der Waals surface area contributed by atoms with E-state index >= 15 is 0 Å². The first-order valence-electron chi connectivity index (χ1n) is 6.72. The molecule has 1 atom stereocenters. The molecule has 98 valence electrons. The minimum Gasteiger partial charge on any atom is -0.507 e. The van der Waals surface area contributed by atoms with Gasteiger partial charge in [0, 0.05) is 15.7 Å². The second-order valence-electron chi connectivity index (χ2n) is 5.92. The Labute approximate surface area is 113 Å². The van der Waals surface area contributed by atoms with Crippen LogP contribution in [0.3, 0.4) is 0 Å². The van der Waals surface area contributed by atoms with Crippen molar-refractivity contribution in [2.45, 2.75) is 62.1 Å². The van der Waals surface area contributed by atoms with Gasteiger partial charge >= 0.3 is 0 Å². The van der Waals surface area contributed by atoms with Crippen molar-refractivity contribution in [2.24, 2.45) is 5.73 Å². The molecule has 2 nitrogen and oxygen atoms in total. The van der Waals surface area contributed by atoms with Gasteiger partial charge in [-0.3, -0.25) is 0 Å². The highest BCUT2D eigenvalue weighted by atomic mass is 32.2. The van der Waals surface area contributed by atoms with E-state index in [9.17, 15) is 5.11 Å². The van der Waals surface area contributed by atoms with Crippen molar-refractivity contribution in [3.05, 3.63) is 22.3 Å². The maximum absolute atomic E-state index is 10.2. The Balaban J connectivity index is 2.19. The third-order valence-corrected chi connectivity index (χ3v) is 6.55. The maximum Gasteiger partial charge on any atom is 0.122 e. The fourth-order valence-corrected chi connectivity index (χ4v) is 5.25. The third kappa shape index (κ3) is 1.53. The fraction of sp³-hybridized carbons (Fsp3) is 0.600. The summed E-state index contributed by atoms with van der Waals surface area (Å²) < 4.78 is 0.396. The molecule has 3 N–H and O–H groups in total. The van der Waals surface area contributed by atoms with Crippen molar-refractivity contribution >= 4 is 11.8 Å². The minimum atomic E-state index is 0.0896. The van der Waals surface area contributed by atoms with E-state index in [0.29, 0.717) is 10.5 Å². The van der Waals surface area contributed by atoms with Crippen LogP contribution in [0.25, 0.3) is 0 Å². The van der Waals surface area contributed by atoms with Gasteiger partial charge in [0.15, 0.2) is 0 Å². The Bertz CT molecular complexity index is 520. The van der Waals surface area contributed by atoms with Crippen LogP contribution in [0.5, 0.6) is 5.75 Å². The lowest BCUT2D eigenvalue weighted by Gasteiger charge is -2.47. The van der Waals surface area contributed by atoms with Gasteiger partial charge in [-0.05, 0) is 62.3 Å². The summed E-state index contributed by atoms with van der Waals surface area (Å²) in [6.45, 7) is 6.12. The van der Waals surface area contributed by atoms with E-state index < -0.39 is 0 Å². The lowest BCUT2D eigenvalue weighted by Crippen LogP contribution is -2.40. The molecule has 0 amide bonds. The van der Waals surface area contributed by atoms with E-state index in [2.05, 4.69) is 6.92 Å². The molecule has 0 bridgehead atoms. The standard InChI is InChI=1S/C15H21NOS/c1-8-9(2)14-12(10(3)13(8)17)11(16)7-15(18-14)5-4-6-15/h11,17H,4-7,16H2,1-3H3. The SMILES string of the molecule is Cc1c(C)c2c(c(C)c1O)C(N)CC1(CCC1)S2. The topological polar surface area (TPSA) is 46.2 Å². The molecule has 1 aromatic carbocycles. The molecule has 1 fully saturated rings. The predicted octanol–water partition coefficient (Wildman–Crippen LogP) is 3.74. The van der Waals surface area contributed by atoms with Crippen molar-refractivity contribution in [3.63, 3.8) is 0 Å². The van der Waals surface area contributed by atoms with Crippen LogP contribution in [0.1, 0.15) is 54.0 Å². The zero-order chi connectivity index (χ0) is 13.1. The molecule has 3 heteroatoms. The average molecular weight is 263 g/mol. The van der Waals surface area contributed by atoms with Crippen molar-refractivity contribution < 1.29 is 5.11 Å². The number of fused-ring (bicyclic) bond motifs is 1. The molecule has 1 unspecified atom stereocenters. The summed E-state index contributed by atoms with van der Waals surface area (Å²) in [6.07, 6.45) is 4.99. The molecule has 1 spiro atoms. The molecule has 1 aromatic rings. The monoisotopic (exact) mass is 263 g/mol. The Hall–Kier alpha value is -0.670. The lowest BCUT2D eigenvalue weighted by atomic mass is 9.77. The van der Waals surface area contributed by atoms with Crippen molar-refractivity contribution in [2.75, 3.05) is 0 Å². The Kier molecular flexibility index (Phi) is 2.69. The second kappa shape index (κ2) is 3.91. The van der Waals surface area contributed by atoms with Gasteiger partial charge in [0.25, 0.3) is 0 Å². The van der Waals surface area contributed by atoms with Gasteiger partial charge in [-0.2, -0.15) is 0 Å². The van der Waals surface area contributed by atoms with Crippen LogP contribution >= 0.6 is 11.8 Å². The molecule has 0 aromatic heterocycles. The number of thioether (sulfide) groups is 1. The molecule has 0 saturated heterocycles. The van der Waals surface area contributed by atoms with Gasteiger partial charge in [-0.25, -0.2) is 0 Å². The molecule has 1 saturated carbocycles. The van der Waals surface area contributed by atoms with E-state index in [0.717, 1.165) is 17.5 Å². The van der Waals surface area contributed by atoms with E-state index in [1.54, 1.807) is 0 Å². The second-order valence-corrected chi connectivity index (χ2v) is 7.39. The molecular formula is C15H21NOS. The molecule has 1 aliphatic carbocycles. The van der Waals surface area contributed by atoms with Gasteiger partial charge in [0.2, 0.25) is 0 Å². The van der Waals surface area contributed by atoms with Gasteiger partial charge in [-0.15, -0.1) is 11.8 Å². The molecule has 0 radical (unpaired) electrons. The molecule has 1 heterocycles. The van der Waals surface area contributed by atoms with Gasteiger partial charge < -0.3 is 10.8 Å². The summed E-state index contributed by atoms with van der Waals surface area (Å²) in [6, 6.07) is 0.0896. The number of phenolic OH excluding ortho intramolecular Hbond substituents is 1. The number of phenols is 1. The zero-order valence-electron chi connectivity index (χ0n) is 11.3. The first kappa shape index (κ1) is 12.4. The fourth-order valence-electron chi connectivity index (χ4n) is 3.35. The highest BCUT2D eigenvalue weighted by Gasteiger charge is 2.44. The zero-order valence-corrected chi connectivity index (χ0v) is 12.2. The van der Waals surface area contributed by atoms with Crippen LogP contribution in [0.2, 0.25) is 0 Å². The van der Waals surface area contributed by atoms with E-state index in [1.165, 1.54) is 35.3 Å². The van der Waals surface area contributed by atoms with Gasteiger partial charge in [-0.1, -0.05) is 6.42 Å². The summed E-state index contributed by atoms with van der Waals surface area (Å²) in [5.74, 6) is 0.437. The maximum atomic E-state index is 10.2. The Morgan fingerprint density at radius 3 is 2.39 bits per heavy atom. The van der Waals surface area contributed by atoms with Crippen LogP contribution in [0.15, 0.2) is 4.90 Å². The van der Waals surface area contributed by atoms with Crippen LogP contribution in [0.4, 0.5) is 0 Å². The Morgan fingerprint density at radius 1 is 1.17 bits per heavy atom. The van der Waals surface area contributed by atoms with Crippen LogP contribution in [0, 0.1) is 20.8 Å². The van der Waals surface area contributed by atoms with Crippen LogP contribution < -0.4 is 5.73 Å². The number of rotatable bonds is 0. The molecular weight excluding hydrogens is 242 g/mol. The van der Waals surface area contributed by atoms with E-state index in [1.807, 2.05) is 25.6 Å². The third-order valence-electron chi connectivity index (χ3n) is 4.81. The molecule has 2 aliphatic rings. The highest BCUT2D eigenvalue weighted by molar-refractivity contribution is 8.00. The number of aromatic hydroxyl groups is 1. The quantitative estimate of drug-likeness (QED) is 0.749. The van der Waals surface area contributed by atoms with Crippen LogP contribution in [-0.2, 0) is 0 Å². The molecule has 1 aliphatic heterocycles. The summed E-state index contributed by atoms with van der Waals surface area (Å²) in [5.41, 5.74) is 10.8. The Morgan fingerprint density at radius 2 is 1.83 bits per heavy atom. The predicted molar refractivity (Wildman–Crippen MR) is 76.3 cm³/mol. The highest BCUT2D eigenvalue weighted by Crippen LogP contribution is 2.58. The normalized spacial score (nSPS) is 24.8. The van der Waals surface area contributed by atoms with Crippen molar-refractivity contribution in [1.29, 1.82) is 0 Å². The van der Waals surface area contributed by atoms with Gasteiger partial charge in [0.05, 0.1) is 0 Å². The number of hydrogen-bond acceptors (Lipinski definition) is 3. The minimum absolute atomic E-state index is 0.0896. The largest absolute Gasteiger partial charge is 0.507 e. The lowest BCUT2D eigenvalue weighted by molar-refractivity contribution is 0.312. The van der Waals surface area contributed by atoms with Gasteiger partial charge in [0.1, 0.15) is 5.75 Å². The molecule has 18 heavy (non-hydrogen) atoms. The summed E-state index contributed by atoms with van der Waals surface area (Å²) in [5, 5.41) is 10.2. The van der Waals surface area contributed by atoms with Crippen LogP contribution in [-0.4, -0.2) is 9.85 Å². The first-order chi connectivity index (χ1) is 8.45. The molecule has 3 rings (SSSR count). The van der Waals surface area contributed by atoms with Crippen molar-refractivity contribution in [1.82, 2.24) is 0 Å². The van der Waals surface area contributed by atoms with E-state index in [-0.39, 0.29) is 6.04 Å². The number of hydrogen-bond donors (Lipinski definition) is 2. The van der Waals surface area contributed by atoms with Crippen molar-refractivity contribution in [3.8, 4) is 5.75 Å². The first-order valence-corrected chi connectivity index (χ1v) is 7.54. The summed E-state index contributed by atoms with van der Waals surface area (Å²) >= 11 is 2.02. The smallest absolute Gasteiger partial charge is 0.122 e. The average Bonchev–Trinajstić information content (AvgIpc) is 2.30.